The topological polar surface area (TPSA) is 108 Å². The van der Waals surface area contributed by atoms with Crippen LogP contribution in [0, 0.1) is 18.4 Å². The minimum absolute atomic E-state index is 0.0898. The fraction of sp³-hybridized carbons (Fsp3) is 0.611. The molecule has 3 N–H and O–H groups in total. The van der Waals surface area contributed by atoms with Crippen molar-refractivity contribution in [1.82, 2.24) is 19.5 Å². The summed E-state index contributed by atoms with van der Waals surface area (Å²) in [5.41, 5.74) is 4.27. The molecule has 0 spiro atoms. The zero-order valence-electron chi connectivity index (χ0n) is 17.7. The van der Waals surface area contributed by atoms with Crippen LogP contribution in [0.3, 0.4) is 0 Å². The van der Waals surface area contributed by atoms with E-state index in [0.717, 1.165) is 0 Å². The molecule has 2 aromatic heterocycles. The van der Waals surface area contributed by atoms with Crippen molar-refractivity contribution in [3.63, 3.8) is 0 Å². The fourth-order valence-electron chi connectivity index (χ4n) is 2.72. The van der Waals surface area contributed by atoms with E-state index in [9.17, 15) is 9.50 Å². The van der Waals surface area contributed by atoms with Crippen LogP contribution in [0.2, 0.25) is 18.1 Å². The first-order chi connectivity index (χ1) is 13.2. The zero-order valence-corrected chi connectivity index (χ0v) is 17.7. The molecule has 0 unspecified atom stereocenters. The van der Waals surface area contributed by atoms with Gasteiger partial charge in [-0.15, -0.1) is 6.42 Å². The SMILES string of the molecule is [2H][C@]1(O)C[C@H](n2cnc3c(N)nc(F)nc32)O[C@]1(C#C)CO[Si](C)(C)C(C)(C)C. The molecule has 3 rings (SSSR count). The molecule has 3 heterocycles. The van der Waals surface area contributed by atoms with Gasteiger partial charge in [-0.3, -0.25) is 4.57 Å². The number of nitrogen functional groups attached to an aromatic ring is 1. The molecule has 10 heteroatoms. The largest absolute Gasteiger partial charge is 0.413 e. The van der Waals surface area contributed by atoms with Gasteiger partial charge in [-0.25, -0.2) is 4.98 Å². The van der Waals surface area contributed by atoms with Crippen molar-refractivity contribution >= 4 is 25.3 Å². The highest BCUT2D eigenvalue weighted by Crippen LogP contribution is 2.41. The average Bonchev–Trinajstić information content (AvgIpc) is 3.10. The lowest BCUT2D eigenvalue weighted by Crippen LogP contribution is -2.49. The van der Waals surface area contributed by atoms with E-state index < -0.39 is 32.3 Å². The van der Waals surface area contributed by atoms with Crippen LogP contribution in [-0.4, -0.2) is 51.2 Å². The van der Waals surface area contributed by atoms with Gasteiger partial charge in [-0.05, 0) is 18.1 Å². The van der Waals surface area contributed by atoms with E-state index in [4.69, 9.17) is 22.7 Å². The summed E-state index contributed by atoms with van der Waals surface area (Å²) < 4.78 is 35.6. The third-order valence-corrected chi connectivity index (χ3v) is 10.1. The Morgan fingerprint density at radius 1 is 1.57 bits per heavy atom. The fourth-order valence-corrected chi connectivity index (χ4v) is 3.72. The van der Waals surface area contributed by atoms with E-state index in [1.807, 2.05) is 13.1 Å². The molecule has 2 aromatic rings. The summed E-state index contributed by atoms with van der Waals surface area (Å²) in [6, 6.07) is 0. The van der Waals surface area contributed by atoms with Crippen molar-refractivity contribution in [3.8, 4) is 12.3 Å². The summed E-state index contributed by atoms with van der Waals surface area (Å²) in [6.07, 6.45) is 2.81. The number of imidazole rings is 1. The minimum Gasteiger partial charge on any atom is -0.413 e. The zero-order chi connectivity index (χ0) is 21.8. The quantitative estimate of drug-likeness (QED) is 0.454. The first-order valence-corrected chi connectivity index (χ1v) is 11.8. The van der Waals surface area contributed by atoms with Gasteiger partial charge in [-0.2, -0.15) is 14.4 Å². The second-order valence-electron chi connectivity index (χ2n) is 8.45. The van der Waals surface area contributed by atoms with Crippen molar-refractivity contribution in [3.05, 3.63) is 12.4 Å². The lowest BCUT2D eigenvalue weighted by atomic mass is 9.99. The molecule has 0 amide bonds. The van der Waals surface area contributed by atoms with Gasteiger partial charge in [0.2, 0.25) is 0 Å². The van der Waals surface area contributed by atoms with Gasteiger partial charge in [0.15, 0.2) is 30.9 Å². The maximum absolute atomic E-state index is 13.7. The maximum atomic E-state index is 13.7. The standard InChI is InChI=1S/C18H26FN5O3Si/c1-7-18(9-26-28(5,6)17(2,3)4)11(25)8-12(27-18)24-10-21-13-14(20)22-16(19)23-15(13)24/h1,10-12,25H,8-9H2,2-6H3,(H2,20,22,23)/t11-,12+,18+/m0/s1/i11D. The summed E-state index contributed by atoms with van der Waals surface area (Å²) in [7, 11) is -2.22. The Morgan fingerprint density at radius 3 is 2.86 bits per heavy atom. The van der Waals surface area contributed by atoms with Crippen LogP contribution in [0.1, 0.15) is 34.8 Å². The molecule has 1 aliphatic rings. The van der Waals surface area contributed by atoms with E-state index >= 15 is 0 Å². The Kier molecular flexibility index (Phi) is 4.66. The third-order valence-electron chi connectivity index (χ3n) is 5.58. The highest BCUT2D eigenvalue weighted by atomic mass is 28.4. The molecule has 0 aliphatic carbocycles. The van der Waals surface area contributed by atoms with Gasteiger partial charge in [0.05, 0.1) is 14.3 Å². The van der Waals surface area contributed by atoms with Crippen molar-refractivity contribution in [2.24, 2.45) is 0 Å². The smallest absolute Gasteiger partial charge is 0.312 e. The number of ether oxygens (including phenoxy) is 1. The second-order valence-corrected chi connectivity index (χ2v) is 13.3. The molecule has 3 atom stereocenters. The normalized spacial score (nSPS) is 29.1. The second kappa shape index (κ2) is 6.77. The molecule has 0 bridgehead atoms. The molecule has 1 aliphatic heterocycles. The molecule has 8 nitrogen and oxygen atoms in total. The van der Waals surface area contributed by atoms with Crippen LogP contribution in [0.5, 0.6) is 0 Å². The van der Waals surface area contributed by atoms with Crippen molar-refractivity contribution in [2.45, 2.75) is 63.2 Å². The van der Waals surface area contributed by atoms with Crippen LogP contribution >= 0.6 is 0 Å². The molecule has 1 fully saturated rings. The summed E-state index contributed by atoms with van der Waals surface area (Å²) in [6.45, 7) is 10.2. The monoisotopic (exact) mass is 408 g/mol. The number of halogens is 1. The Morgan fingerprint density at radius 2 is 2.25 bits per heavy atom. The predicted molar refractivity (Wildman–Crippen MR) is 105 cm³/mol. The number of hydrogen-bond donors (Lipinski definition) is 2. The summed E-state index contributed by atoms with van der Waals surface area (Å²) in [5, 5.41) is 10.7. The molecular weight excluding hydrogens is 381 g/mol. The number of nitrogens with two attached hydrogens (primary N) is 1. The lowest BCUT2D eigenvalue weighted by Gasteiger charge is -2.39. The Hall–Kier alpha value is -2.06. The number of anilines is 1. The summed E-state index contributed by atoms with van der Waals surface area (Å²) in [5.74, 6) is 2.31. The Balaban J connectivity index is 1.94. The lowest BCUT2D eigenvalue weighted by molar-refractivity contribution is -0.0863. The Labute approximate surface area is 165 Å². The molecule has 0 radical (unpaired) electrons. The first kappa shape index (κ1) is 19.3. The molecule has 1 saturated heterocycles. The van der Waals surface area contributed by atoms with Crippen LogP contribution in [0.15, 0.2) is 6.33 Å². The average molecular weight is 409 g/mol. The highest BCUT2D eigenvalue weighted by molar-refractivity contribution is 6.74. The molecule has 28 heavy (non-hydrogen) atoms. The van der Waals surface area contributed by atoms with E-state index in [1.165, 1.54) is 10.9 Å². The van der Waals surface area contributed by atoms with E-state index in [-0.39, 0.29) is 35.0 Å². The summed E-state index contributed by atoms with van der Waals surface area (Å²) >= 11 is 0. The number of rotatable bonds is 4. The van der Waals surface area contributed by atoms with E-state index in [1.54, 1.807) is 0 Å². The molecule has 152 valence electrons. The summed E-state index contributed by atoms with van der Waals surface area (Å²) in [4.78, 5) is 11.3. The van der Waals surface area contributed by atoms with Crippen LogP contribution < -0.4 is 5.73 Å². The van der Waals surface area contributed by atoms with Gasteiger partial charge >= 0.3 is 6.08 Å². The maximum Gasteiger partial charge on any atom is 0.312 e. The van der Waals surface area contributed by atoms with Crippen LogP contribution in [0.25, 0.3) is 11.2 Å². The third kappa shape index (κ3) is 3.39. The number of hydrogen-bond acceptors (Lipinski definition) is 7. The predicted octanol–water partition coefficient (Wildman–Crippen LogP) is 2.22. The van der Waals surface area contributed by atoms with Gasteiger partial charge in [-0.1, -0.05) is 26.7 Å². The van der Waals surface area contributed by atoms with Crippen molar-refractivity contribution in [1.29, 1.82) is 0 Å². The van der Waals surface area contributed by atoms with Gasteiger partial charge in [0.25, 0.3) is 0 Å². The minimum atomic E-state index is -2.22. The Bertz CT molecular complexity index is 984. The molecule has 0 saturated carbocycles. The van der Waals surface area contributed by atoms with E-state index in [2.05, 4.69) is 41.6 Å². The van der Waals surface area contributed by atoms with Gasteiger partial charge < -0.3 is 20.0 Å². The number of fused-ring (bicyclic) bond motifs is 1. The number of terminal acetylenes is 1. The molecular formula is C18H26FN5O3Si. The number of aliphatic hydroxyl groups is 1. The highest BCUT2D eigenvalue weighted by Gasteiger charge is 2.50. The van der Waals surface area contributed by atoms with Gasteiger partial charge in [0.1, 0.15) is 12.3 Å². The van der Waals surface area contributed by atoms with Gasteiger partial charge in [0, 0.05) is 6.42 Å². The van der Waals surface area contributed by atoms with Crippen molar-refractivity contribution in [2.75, 3.05) is 12.3 Å². The van der Waals surface area contributed by atoms with Crippen LogP contribution in [-0.2, 0) is 9.16 Å². The first-order valence-electron chi connectivity index (χ1n) is 9.40. The number of aromatic nitrogens is 4. The number of nitrogens with zero attached hydrogens (tertiary/aromatic N) is 4. The molecule has 0 aromatic carbocycles. The van der Waals surface area contributed by atoms with Crippen molar-refractivity contribution < 1.29 is 20.0 Å². The van der Waals surface area contributed by atoms with E-state index in [0.29, 0.717) is 0 Å². The van der Waals surface area contributed by atoms with Crippen LogP contribution in [0.4, 0.5) is 10.2 Å².